The minimum Gasteiger partial charge on any atom is -0.480 e. The van der Waals surface area contributed by atoms with Gasteiger partial charge in [0, 0.05) is 5.56 Å². The van der Waals surface area contributed by atoms with Crippen molar-refractivity contribution in [1.82, 2.24) is 5.32 Å². The highest BCUT2D eigenvalue weighted by Crippen LogP contribution is 2.11. The first-order valence-electron chi connectivity index (χ1n) is 6.33. The van der Waals surface area contributed by atoms with Crippen LogP contribution >= 0.6 is 0 Å². The van der Waals surface area contributed by atoms with Gasteiger partial charge in [-0.25, -0.2) is 18.4 Å². The van der Waals surface area contributed by atoms with Crippen molar-refractivity contribution >= 4 is 21.9 Å². The van der Waals surface area contributed by atoms with Gasteiger partial charge in [0.2, 0.25) is 10.0 Å². The lowest BCUT2D eigenvalue weighted by atomic mass is 9.99. The van der Waals surface area contributed by atoms with Crippen molar-refractivity contribution in [3.05, 3.63) is 29.8 Å². The summed E-state index contributed by atoms with van der Waals surface area (Å²) in [6.07, 6.45) is 0.599. The third kappa shape index (κ3) is 4.54. The van der Waals surface area contributed by atoms with Gasteiger partial charge in [-0.1, -0.05) is 20.3 Å². The lowest BCUT2D eigenvalue weighted by Crippen LogP contribution is -2.45. The number of rotatable bonds is 6. The number of carbonyl (C=O) groups is 2. The van der Waals surface area contributed by atoms with Crippen molar-refractivity contribution in [2.24, 2.45) is 11.1 Å². The van der Waals surface area contributed by atoms with Gasteiger partial charge in [0.1, 0.15) is 6.04 Å². The Balaban J connectivity index is 2.91. The molecule has 1 aromatic rings. The third-order valence-corrected chi connectivity index (χ3v) is 4.14. The number of carboxylic acid groups (broad SMARTS) is 1. The van der Waals surface area contributed by atoms with Crippen molar-refractivity contribution < 1.29 is 23.1 Å². The molecule has 0 aliphatic rings. The number of nitrogens with one attached hydrogen (secondary N) is 1. The lowest BCUT2D eigenvalue weighted by molar-refractivity contribution is -0.140. The van der Waals surface area contributed by atoms with E-state index in [4.69, 9.17) is 10.2 Å². The minimum absolute atomic E-state index is 0.115. The summed E-state index contributed by atoms with van der Waals surface area (Å²) in [7, 11) is -3.82. The number of nitrogens with two attached hydrogens (primary N) is 1. The maximum atomic E-state index is 12.0. The number of hydrogen-bond acceptors (Lipinski definition) is 4. The number of hydrogen-bond donors (Lipinski definition) is 3. The van der Waals surface area contributed by atoms with Crippen LogP contribution in [0, 0.1) is 5.92 Å². The van der Waals surface area contributed by atoms with Crippen LogP contribution in [0.3, 0.4) is 0 Å². The van der Waals surface area contributed by atoms with Gasteiger partial charge < -0.3 is 10.4 Å². The first-order valence-corrected chi connectivity index (χ1v) is 7.88. The van der Waals surface area contributed by atoms with Gasteiger partial charge >= 0.3 is 5.97 Å². The van der Waals surface area contributed by atoms with Gasteiger partial charge in [-0.15, -0.1) is 0 Å². The lowest BCUT2D eigenvalue weighted by Gasteiger charge is -2.20. The number of primary sulfonamides is 1. The number of sulfonamides is 1. The molecular weight excluding hydrogens is 296 g/mol. The van der Waals surface area contributed by atoms with E-state index >= 15 is 0 Å². The van der Waals surface area contributed by atoms with Gasteiger partial charge in [0.05, 0.1) is 4.90 Å². The number of carboxylic acids is 1. The van der Waals surface area contributed by atoms with Crippen LogP contribution in [0.5, 0.6) is 0 Å². The summed E-state index contributed by atoms with van der Waals surface area (Å²) in [5.41, 5.74) is 0.164. The molecule has 4 N–H and O–H groups in total. The van der Waals surface area contributed by atoms with E-state index < -0.39 is 27.9 Å². The molecule has 0 radical (unpaired) electrons. The molecule has 0 saturated carbocycles. The molecule has 0 heterocycles. The molecule has 1 aromatic carbocycles. The Morgan fingerprint density at radius 3 is 2.19 bits per heavy atom. The summed E-state index contributed by atoms with van der Waals surface area (Å²) in [5.74, 6) is -1.92. The average Bonchev–Trinajstić information content (AvgIpc) is 2.42. The predicted molar refractivity (Wildman–Crippen MR) is 76.2 cm³/mol. The summed E-state index contributed by atoms with van der Waals surface area (Å²) in [6.45, 7) is 3.55. The summed E-state index contributed by atoms with van der Waals surface area (Å²) in [5, 5.41) is 16.5. The van der Waals surface area contributed by atoms with E-state index in [0.717, 1.165) is 0 Å². The van der Waals surface area contributed by atoms with Crippen LogP contribution in [-0.2, 0) is 14.8 Å². The zero-order valence-corrected chi connectivity index (χ0v) is 12.6. The quantitative estimate of drug-likeness (QED) is 0.707. The Hall–Kier alpha value is -1.93. The molecule has 1 amide bonds. The molecule has 0 aromatic heterocycles. The van der Waals surface area contributed by atoms with Gasteiger partial charge in [0.15, 0.2) is 0 Å². The van der Waals surface area contributed by atoms with E-state index in [-0.39, 0.29) is 16.4 Å². The molecule has 0 saturated heterocycles. The summed E-state index contributed by atoms with van der Waals surface area (Å²) < 4.78 is 22.2. The van der Waals surface area contributed by atoms with Gasteiger partial charge in [-0.2, -0.15) is 0 Å². The molecule has 8 heteroatoms. The molecule has 0 fully saturated rings. The molecule has 116 valence electrons. The molecule has 0 aliphatic heterocycles. The van der Waals surface area contributed by atoms with Gasteiger partial charge in [-0.3, -0.25) is 4.79 Å². The fraction of sp³-hybridized carbons (Fsp3) is 0.385. The molecule has 0 spiro atoms. The fourth-order valence-corrected chi connectivity index (χ4v) is 2.22. The van der Waals surface area contributed by atoms with E-state index in [9.17, 15) is 18.0 Å². The Kier molecular flexibility index (Phi) is 5.45. The van der Waals surface area contributed by atoms with Crippen molar-refractivity contribution in [3.63, 3.8) is 0 Å². The predicted octanol–water partition coefficient (Wildman–Crippen LogP) is 0.563. The number of aliphatic carboxylic acids is 1. The maximum absolute atomic E-state index is 12.0. The summed E-state index contributed by atoms with van der Waals surface area (Å²) >= 11 is 0. The zero-order chi connectivity index (χ0) is 16.2. The number of benzene rings is 1. The molecule has 1 rings (SSSR count). The van der Waals surface area contributed by atoms with Crippen molar-refractivity contribution in [1.29, 1.82) is 0 Å². The van der Waals surface area contributed by atoms with Crippen LogP contribution in [0.4, 0.5) is 0 Å². The number of amides is 1. The molecular formula is C13H18N2O5S. The highest BCUT2D eigenvalue weighted by atomic mass is 32.2. The van der Waals surface area contributed by atoms with E-state index in [1.807, 2.05) is 6.92 Å². The van der Waals surface area contributed by atoms with Crippen LogP contribution in [0.25, 0.3) is 0 Å². The van der Waals surface area contributed by atoms with Crippen LogP contribution in [-0.4, -0.2) is 31.4 Å². The molecule has 21 heavy (non-hydrogen) atoms. The normalized spacial score (nSPS) is 14.2. The van der Waals surface area contributed by atoms with Gasteiger partial charge in [-0.05, 0) is 30.2 Å². The average molecular weight is 314 g/mol. The van der Waals surface area contributed by atoms with E-state index in [1.165, 1.54) is 24.3 Å². The van der Waals surface area contributed by atoms with E-state index in [2.05, 4.69) is 5.32 Å². The minimum atomic E-state index is -3.82. The first-order chi connectivity index (χ1) is 9.66. The third-order valence-electron chi connectivity index (χ3n) is 3.21. The fourth-order valence-electron chi connectivity index (χ4n) is 1.70. The molecule has 0 aliphatic carbocycles. The van der Waals surface area contributed by atoms with Crippen LogP contribution < -0.4 is 10.5 Å². The molecule has 0 bridgehead atoms. The Bertz CT molecular complexity index is 624. The monoisotopic (exact) mass is 314 g/mol. The summed E-state index contributed by atoms with van der Waals surface area (Å²) in [4.78, 5) is 23.0. The first kappa shape index (κ1) is 17.1. The summed E-state index contributed by atoms with van der Waals surface area (Å²) in [6, 6.07) is 3.96. The maximum Gasteiger partial charge on any atom is 0.326 e. The molecule has 7 nitrogen and oxygen atoms in total. The van der Waals surface area contributed by atoms with Crippen molar-refractivity contribution in [2.75, 3.05) is 0 Å². The number of carbonyl (C=O) groups excluding carboxylic acids is 1. The van der Waals surface area contributed by atoms with Gasteiger partial charge in [0.25, 0.3) is 5.91 Å². The molecule has 2 atom stereocenters. The topological polar surface area (TPSA) is 127 Å². The SMILES string of the molecule is CCC(C)C(NC(=O)c1ccc(S(N)(=O)=O)cc1)C(=O)O. The standard InChI is InChI=1S/C13H18N2O5S/c1-3-8(2)11(13(17)18)15-12(16)9-4-6-10(7-5-9)21(14,19)20/h4-8,11H,3H2,1-2H3,(H,15,16)(H,17,18)(H2,14,19,20). The largest absolute Gasteiger partial charge is 0.480 e. The highest BCUT2D eigenvalue weighted by Gasteiger charge is 2.25. The second kappa shape index (κ2) is 6.68. The van der Waals surface area contributed by atoms with Crippen LogP contribution in [0.15, 0.2) is 29.2 Å². The second-order valence-electron chi connectivity index (χ2n) is 4.74. The zero-order valence-electron chi connectivity index (χ0n) is 11.7. The highest BCUT2D eigenvalue weighted by molar-refractivity contribution is 7.89. The van der Waals surface area contributed by atoms with Crippen molar-refractivity contribution in [3.8, 4) is 0 Å². The smallest absolute Gasteiger partial charge is 0.326 e. The van der Waals surface area contributed by atoms with Crippen molar-refractivity contribution in [2.45, 2.75) is 31.2 Å². The Morgan fingerprint density at radius 2 is 1.81 bits per heavy atom. The Labute approximate surface area is 123 Å². The van der Waals surface area contributed by atoms with E-state index in [0.29, 0.717) is 6.42 Å². The second-order valence-corrected chi connectivity index (χ2v) is 6.31. The van der Waals surface area contributed by atoms with E-state index in [1.54, 1.807) is 6.92 Å². The molecule has 2 unspecified atom stereocenters. The van der Waals surface area contributed by atoms with Crippen LogP contribution in [0.2, 0.25) is 0 Å². The Morgan fingerprint density at radius 1 is 1.29 bits per heavy atom. The van der Waals surface area contributed by atoms with Crippen LogP contribution in [0.1, 0.15) is 30.6 Å².